The summed E-state index contributed by atoms with van der Waals surface area (Å²) in [5, 5.41) is 4.63. The van der Waals surface area contributed by atoms with E-state index in [2.05, 4.69) is 149 Å². The number of imidazole rings is 1. The number of benzene rings is 8. The third-order valence-electron chi connectivity index (χ3n) is 12.5. The van der Waals surface area contributed by atoms with E-state index >= 15 is 0 Å². The van der Waals surface area contributed by atoms with Gasteiger partial charge in [-0.05, 0) is 70.8 Å². The minimum atomic E-state index is -2.11. The van der Waals surface area contributed by atoms with E-state index in [1.807, 2.05) is 56.4 Å². The van der Waals surface area contributed by atoms with Gasteiger partial charge in [-0.25, -0.2) is 4.39 Å². The van der Waals surface area contributed by atoms with Crippen LogP contribution in [0.25, 0.3) is 104 Å². The second-order valence-electron chi connectivity index (χ2n) is 18.2. The van der Waals surface area contributed by atoms with Crippen LogP contribution in [-0.4, -0.2) is 27.8 Å². The fraction of sp³-hybridized carbons (Fsp3) is 0.100. The zero-order valence-corrected chi connectivity index (χ0v) is 43.5. The van der Waals surface area contributed by atoms with Gasteiger partial charge in [0.2, 0.25) is 0 Å². The van der Waals surface area contributed by atoms with Crippen LogP contribution in [0.3, 0.4) is 0 Å². The summed E-state index contributed by atoms with van der Waals surface area (Å²) in [6.45, 7) is 3.95. The summed E-state index contributed by atoms with van der Waals surface area (Å²) >= 11 is -0.301. The number of hydrogen-bond donors (Lipinski definition) is 0. The Kier molecular flexibility index (Phi) is 12.0. The van der Waals surface area contributed by atoms with Crippen LogP contribution in [0.4, 0.5) is 4.39 Å². The molecule has 0 saturated heterocycles. The largest absolute Gasteiger partial charge is 0 e. The normalized spacial score (nSPS) is 12.1. The number of nitrogens with zero attached hydrogens (tertiary/aromatic N) is 3. The van der Waals surface area contributed by atoms with E-state index in [0.717, 1.165) is 89.1 Å². The van der Waals surface area contributed by atoms with Crippen LogP contribution in [0.1, 0.15) is 26.7 Å². The minimum Gasteiger partial charge on any atom is 0 e. The summed E-state index contributed by atoms with van der Waals surface area (Å²) < 4.78 is 34.3. The molecule has 0 spiro atoms. The van der Waals surface area contributed by atoms with Gasteiger partial charge in [0.25, 0.3) is 0 Å². The molecule has 335 valence electrons. The van der Waals surface area contributed by atoms with E-state index in [-0.39, 0.29) is 25.9 Å². The average molecular weight is 1140 g/mol. The SMILES string of the molecule is Fc1ccc(-c2ccc(-n3c(-c4[c-]cc5oc6ccc(-c7ccccc7)cc6c5c4)nc4ccccc43)cc2)cc1.[2H]C(C)(C)c1cc(-c2[c-]cc3sc4ccccc4c3c2)nc[c]1[Ge]([CH3])([CH3])[CH3].[Ir]. The van der Waals surface area contributed by atoms with Crippen LogP contribution >= 0.6 is 11.3 Å². The molecule has 0 saturated carbocycles. The number of para-hydroxylation sites is 2. The fourth-order valence-corrected chi connectivity index (χ4v) is 13.4. The topological polar surface area (TPSA) is 43.9 Å². The Balaban J connectivity index is 0.000000172. The van der Waals surface area contributed by atoms with Gasteiger partial charge in [-0.15, -0.1) is 23.8 Å². The summed E-state index contributed by atoms with van der Waals surface area (Å²) in [5.74, 6) is 7.02. The van der Waals surface area contributed by atoms with Crippen LogP contribution in [0.2, 0.25) is 17.3 Å². The van der Waals surface area contributed by atoms with E-state index in [1.165, 1.54) is 36.7 Å². The van der Waals surface area contributed by atoms with Crippen molar-refractivity contribution < 1.29 is 30.3 Å². The number of thiophene rings is 1. The van der Waals surface area contributed by atoms with Crippen molar-refractivity contribution in [3.63, 3.8) is 0 Å². The third kappa shape index (κ3) is 8.65. The Morgan fingerprint density at radius 1 is 0.632 bits per heavy atom. The van der Waals surface area contributed by atoms with Crippen LogP contribution in [0.15, 0.2) is 187 Å². The second kappa shape index (κ2) is 18.5. The number of pyridine rings is 1. The van der Waals surface area contributed by atoms with Gasteiger partial charge in [0.1, 0.15) is 11.4 Å². The Hall–Kier alpha value is -6.48. The first-order valence-electron chi connectivity index (χ1n) is 23.0. The van der Waals surface area contributed by atoms with Crippen LogP contribution < -0.4 is 4.40 Å². The molecule has 0 fully saturated rings. The number of rotatable bonds is 7. The van der Waals surface area contributed by atoms with Crippen molar-refractivity contribution in [2.45, 2.75) is 37.0 Å². The molecule has 1 radical (unpaired) electrons. The van der Waals surface area contributed by atoms with E-state index in [9.17, 15) is 4.39 Å². The molecule has 0 bridgehead atoms. The molecule has 4 aromatic heterocycles. The number of furan rings is 1. The van der Waals surface area contributed by atoms with Crippen molar-refractivity contribution >= 4 is 82.1 Å². The quantitative estimate of drug-likeness (QED) is 0.118. The monoisotopic (exact) mass is 1140 g/mol. The molecule has 0 amide bonds. The van der Waals surface area contributed by atoms with Gasteiger partial charge in [0.15, 0.2) is 0 Å². The van der Waals surface area contributed by atoms with Gasteiger partial charge in [0, 0.05) is 31.2 Å². The van der Waals surface area contributed by atoms with E-state index in [4.69, 9.17) is 15.8 Å². The van der Waals surface area contributed by atoms with E-state index < -0.39 is 19.2 Å². The average Bonchev–Trinajstić information content (AvgIpc) is 4.05. The fourth-order valence-electron chi connectivity index (χ4n) is 9.01. The zero-order chi connectivity index (χ0) is 46.7. The Bertz CT molecular complexity index is 3830. The molecule has 8 aromatic carbocycles. The molecule has 0 aliphatic rings. The summed E-state index contributed by atoms with van der Waals surface area (Å²) in [6.07, 6.45) is 2.03. The van der Waals surface area contributed by atoms with Gasteiger partial charge in [-0.1, -0.05) is 78.2 Å². The Morgan fingerprint density at radius 3 is 2.04 bits per heavy atom. The molecule has 0 aliphatic heterocycles. The first-order chi connectivity index (χ1) is 32.9. The van der Waals surface area contributed by atoms with Gasteiger partial charge in [0.05, 0.1) is 22.4 Å². The molecule has 0 unspecified atom stereocenters. The zero-order valence-electron chi connectivity index (χ0n) is 39.2. The Labute approximate surface area is 417 Å². The molecule has 4 heterocycles. The van der Waals surface area contributed by atoms with Gasteiger partial charge < -0.3 is 8.98 Å². The maximum Gasteiger partial charge on any atom is 0 e. The smallest absolute Gasteiger partial charge is 0 e. The van der Waals surface area contributed by atoms with Crippen molar-refractivity contribution in [3.8, 4) is 50.6 Å². The first-order valence-corrected chi connectivity index (χ1v) is 30.6. The molecule has 0 aliphatic carbocycles. The second-order valence-corrected chi connectivity index (χ2v) is 29.9. The van der Waals surface area contributed by atoms with Crippen molar-refractivity contribution in [1.82, 2.24) is 14.5 Å². The van der Waals surface area contributed by atoms with Crippen LogP contribution in [-0.2, 0) is 20.1 Å². The molecule has 0 atom stereocenters. The maximum atomic E-state index is 13.4. The summed E-state index contributed by atoms with van der Waals surface area (Å²) in [6, 6.07) is 65.5. The first kappa shape index (κ1) is 44.1. The molecule has 8 heteroatoms. The Morgan fingerprint density at radius 2 is 1.28 bits per heavy atom. The molecule has 68 heavy (non-hydrogen) atoms. The standard InChI is InChI=1S/C37H22FN2O.C23H24GeNS.Ir/c38-29-16-10-25(11-17-29)26-12-18-30(19-13-26)40-34-9-5-4-8-33(34)39-37(40)28-15-21-36-32(23-28)31-22-27(14-20-35(31)41-36)24-6-2-1-3-7-24;1-15(2)18-13-21(25-14-20(18)24(3,4)5)16-10-11-23-19(12-16)17-8-6-7-9-22(17)26-23;/h1-14,16-23H;6-9,11-15H,1-5H3;/q2*-1;/i;15D;. The number of aromatic nitrogens is 3. The third-order valence-corrected chi connectivity index (χ3v) is 17.8. The van der Waals surface area contributed by atoms with Crippen molar-refractivity contribution in [3.05, 3.63) is 206 Å². The molecule has 0 N–H and O–H groups in total. The number of fused-ring (bicyclic) bond motifs is 7. The van der Waals surface area contributed by atoms with Gasteiger partial charge in [-0.3, -0.25) is 4.98 Å². The number of hydrogen-bond acceptors (Lipinski definition) is 4. The van der Waals surface area contributed by atoms with Crippen molar-refractivity contribution in [2.24, 2.45) is 0 Å². The molecule has 12 aromatic rings. The molecule has 12 rings (SSSR count). The minimum absolute atomic E-state index is 0. The van der Waals surface area contributed by atoms with Crippen molar-refractivity contribution in [2.75, 3.05) is 0 Å². The van der Waals surface area contributed by atoms with Gasteiger partial charge in [-0.2, -0.15) is 0 Å². The summed E-state index contributed by atoms with van der Waals surface area (Å²) in [4.78, 5) is 9.84. The summed E-state index contributed by atoms with van der Waals surface area (Å²) in [5.41, 5.74) is 12.7. The summed E-state index contributed by atoms with van der Waals surface area (Å²) in [7, 11) is 0. The van der Waals surface area contributed by atoms with Crippen LogP contribution in [0, 0.1) is 17.9 Å². The van der Waals surface area contributed by atoms with E-state index in [1.54, 1.807) is 23.5 Å². The predicted octanol–water partition coefficient (Wildman–Crippen LogP) is 16.4. The van der Waals surface area contributed by atoms with Gasteiger partial charge >= 0.3 is 164 Å². The predicted molar refractivity (Wildman–Crippen MR) is 282 cm³/mol. The number of halogens is 1. The maximum absolute atomic E-state index is 13.4. The molecule has 4 nitrogen and oxygen atoms in total. The molecular formula is C60H46FGeIrN3OS-2. The van der Waals surface area contributed by atoms with Crippen molar-refractivity contribution in [1.29, 1.82) is 0 Å². The molecular weight excluding hydrogens is 1090 g/mol. The van der Waals surface area contributed by atoms with E-state index in [0.29, 0.717) is 0 Å². The van der Waals surface area contributed by atoms with Crippen LogP contribution in [0.5, 0.6) is 0 Å².